The Morgan fingerprint density at radius 3 is 2.71 bits per heavy atom. The summed E-state index contributed by atoms with van der Waals surface area (Å²) in [6, 6.07) is 0. The second-order valence-electron chi connectivity index (χ2n) is 3.38. The first-order valence-electron chi connectivity index (χ1n) is 4.39. The molecule has 2 N–H and O–H groups in total. The van der Waals surface area contributed by atoms with Crippen LogP contribution in [0.4, 0.5) is 0 Å². The first-order chi connectivity index (χ1) is 6.40. The van der Waals surface area contributed by atoms with E-state index in [0.29, 0.717) is 6.61 Å². The summed E-state index contributed by atoms with van der Waals surface area (Å²) >= 11 is 0. The minimum Gasteiger partial charge on any atom is -0.324 e. The van der Waals surface area contributed by atoms with Gasteiger partial charge in [0.05, 0.1) is 18.7 Å². The number of hydroxylamine groups is 2. The van der Waals surface area contributed by atoms with Gasteiger partial charge >= 0.3 is 7.60 Å². The minimum atomic E-state index is -3.95. The Morgan fingerprint density at radius 2 is 2.29 bits per heavy atom. The summed E-state index contributed by atoms with van der Waals surface area (Å²) in [5, 5.41) is 1.18. The van der Waals surface area contributed by atoms with Crippen LogP contribution in [0.2, 0.25) is 0 Å². The van der Waals surface area contributed by atoms with Crippen LogP contribution in [0.25, 0.3) is 0 Å². The third-order valence-corrected chi connectivity index (χ3v) is 2.86. The number of hydrogen-bond donors (Lipinski definition) is 2. The van der Waals surface area contributed by atoms with Gasteiger partial charge in [-0.2, -0.15) is 0 Å². The maximum atomic E-state index is 11.3. The molecular formula is C7H14NO5P. The van der Waals surface area contributed by atoms with Gasteiger partial charge in [0.15, 0.2) is 0 Å². The highest BCUT2D eigenvalue weighted by molar-refractivity contribution is 7.51. The number of carbonyl (C=O) groups is 1. The number of amides is 1. The molecule has 0 aliphatic carbocycles. The molecule has 0 radical (unpaired) electrons. The molecule has 1 aliphatic rings. The van der Waals surface area contributed by atoms with Gasteiger partial charge in [-0.3, -0.25) is 14.2 Å². The van der Waals surface area contributed by atoms with Crippen LogP contribution in [-0.4, -0.2) is 40.1 Å². The van der Waals surface area contributed by atoms with Crippen molar-refractivity contribution in [1.82, 2.24) is 5.06 Å². The summed E-state index contributed by atoms with van der Waals surface area (Å²) in [5.74, 6) is -0.263. The van der Waals surface area contributed by atoms with Crippen LogP contribution < -0.4 is 0 Å². The summed E-state index contributed by atoms with van der Waals surface area (Å²) < 4.78 is 10.5. The predicted octanol–water partition coefficient (Wildman–Crippen LogP) is -0.0359. The van der Waals surface area contributed by atoms with Crippen molar-refractivity contribution in [2.24, 2.45) is 5.92 Å². The van der Waals surface area contributed by atoms with E-state index in [1.54, 1.807) is 6.92 Å². The van der Waals surface area contributed by atoms with Crippen molar-refractivity contribution in [2.75, 3.05) is 19.3 Å². The molecule has 6 nitrogen and oxygen atoms in total. The number of carbonyl (C=O) groups excluding carboxylic acids is 1. The van der Waals surface area contributed by atoms with Crippen molar-refractivity contribution in [1.29, 1.82) is 0 Å². The normalized spacial score (nSPS) is 23.2. The van der Waals surface area contributed by atoms with Gasteiger partial charge < -0.3 is 9.79 Å². The van der Waals surface area contributed by atoms with Crippen molar-refractivity contribution in [3.63, 3.8) is 0 Å². The van der Waals surface area contributed by atoms with Gasteiger partial charge in [-0.05, 0) is 6.42 Å². The quantitative estimate of drug-likeness (QED) is 0.653. The molecule has 1 atom stereocenters. The average molecular weight is 223 g/mol. The Kier molecular flexibility index (Phi) is 3.66. The molecule has 0 bridgehead atoms. The molecule has 1 heterocycles. The topological polar surface area (TPSA) is 87.1 Å². The van der Waals surface area contributed by atoms with E-state index in [-0.39, 0.29) is 31.0 Å². The highest BCUT2D eigenvalue weighted by atomic mass is 31.2. The molecule has 1 saturated heterocycles. The lowest BCUT2D eigenvalue weighted by atomic mass is 10.2. The fourth-order valence-corrected chi connectivity index (χ4v) is 1.73. The Hall–Kier alpha value is -0.420. The smallest absolute Gasteiger partial charge is 0.324 e. The molecule has 82 valence electrons. The number of hydrogen-bond acceptors (Lipinski definition) is 3. The summed E-state index contributed by atoms with van der Waals surface area (Å²) in [7, 11) is -3.95. The lowest BCUT2D eigenvalue weighted by Crippen LogP contribution is -2.27. The van der Waals surface area contributed by atoms with Gasteiger partial charge in [0, 0.05) is 6.54 Å². The molecule has 0 aromatic carbocycles. The van der Waals surface area contributed by atoms with Crippen molar-refractivity contribution in [2.45, 2.75) is 13.3 Å². The molecule has 0 aromatic heterocycles. The Bertz CT molecular complexity index is 263. The van der Waals surface area contributed by atoms with Gasteiger partial charge in [-0.1, -0.05) is 6.92 Å². The lowest BCUT2D eigenvalue weighted by Gasteiger charge is -2.13. The van der Waals surface area contributed by atoms with E-state index in [0.717, 1.165) is 0 Å². The van der Waals surface area contributed by atoms with E-state index in [1.165, 1.54) is 5.06 Å². The lowest BCUT2D eigenvalue weighted by molar-refractivity contribution is -0.161. The van der Waals surface area contributed by atoms with Gasteiger partial charge in [-0.25, -0.2) is 5.06 Å². The van der Waals surface area contributed by atoms with Gasteiger partial charge in [0.1, 0.15) is 0 Å². The van der Waals surface area contributed by atoms with Gasteiger partial charge in [-0.15, -0.1) is 0 Å². The van der Waals surface area contributed by atoms with Crippen LogP contribution in [0.3, 0.4) is 0 Å². The standard InChI is InChI=1S/C7H14NO5P/c1-6-5-13-8(7(6)9)3-2-4-14(10,11)12/h6H,2-5H2,1H3,(H2,10,11,12). The first-order valence-corrected chi connectivity index (χ1v) is 6.19. The summed E-state index contributed by atoms with van der Waals surface area (Å²) in [5.41, 5.74) is 0. The molecule has 0 saturated carbocycles. The van der Waals surface area contributed by atoms with Crippen LogP contribution in [0.15, 0.2) is 0 Å². The minimum absolute atomic E-state index is 0.115. The fraction of sp³-hybridized carbons (Fsp3) is 0.857. The third kappa shape index (κ3) is 3.38. The maximum absolute atomic E-state index is 11.3. The molecule has 1 aliphatic heterocycles. The largest absolute Gasteiger partial charge is 0.325 e. The SMILES string of the molecule is CC1CON(CCCP(=O)(O)O)C1=O. The van der Waals surface area contributed by atoms with Crippen LogP contribution in [0, 0.1) is 5.92 Å². The molecule has 1 amide bonds. The predicted molar refractivity (Wildman–Crippen MR) is 48.4 cm³/mol. The number of rotatable bonds is 4. The van der Waals surface area contributed by atoms with Crippen LogP contribution in [-0.2, 0) is 14.2 Å². The maximum Gasteiger partial charge on any atom is 0.325 e. The third-order valence-electron chi connectivity index (χ3n) is 1.96. The Morgan fingerprint density at radius 1 is 1.64 bits per heavy atom. The monoisotopic (exact) mass is 223 g/mol. The van der Waals surface area contributed by atoms with Crippen molar-refractivity contribution < 1.29 is 24.0 Å². The van der Waals surface area contributed by atoms with Crippen LogP contribution >= 0.6 is 7.60 Å². The van der Waals surface area contributed by atoms with E-state index in [9.17, 15) is 9.36 Å². The van der Waals surface area contributed by atoms with E-state index < -0.39 is 7.60 Å². The zero-order chi connectivity index (χ0) is 10.8. The zero-order valence-corrected chi connectivity index (χ0v) is 8.81. The molecule has 1 fully saturated rings. The molecule has 1 unspecified atom stereocenters. The molecular weight excluding hydrogens is 209 g/mol. The first kappa shape index (κ1) is 11.7. The fourth-order valence-electron chi connectivity index (χ4n) is 1.18. The molecule has 0 aromatic rings. The second-order valence-corrected chi connectivity index (χ2v) is 5.16. The highest BCUT2D eigenvalue weighted by Gasteiger charge is 2.29. The van der Waals surface area contributed by atoms with E-state index in [4.69, 9.17) is 14.6 Å². The second kappa shape index (κ2) is 4.40. The summed E-state index contributed by atoms with van der Waals surface area (Å²) in [6.45, 7) is 2.36. The van der Waals surface area contributed by atoms with E-state index in [2.05, 4.69) is 0 Å². The van der Waals surface area contributed by atoms with E-state index >= 15 is 0 Å². The number of nitrogens with zero attached hydrogens (tertiary/aromatic N) is 1. The zero-order valence-electron chi connectivity index (χ0n) is 7.92. The van der Waals surface area contributed by atoms with Gasteiger partial charge in [0.2, 0.25) is 0 Å². The molecule has 14 heavy (non-hydrogen) atoms. The molecule has 7 heteroatoms. The Labute approximate surface area is 82.0 Å². The molecule has 1 rings (SSSR count). The van der Waals surface area contributed by atoms with Crippen molar-refractivity contribution in [3.8, 4) is 0 Å². The van der Waals surface area contributed by atoms with Gasteiger partial charge in [0.25, 0.3) is 5.91 Å². The average Bonchev–Trinajstić information content (AvgIpc) is 2.33. The van der Waals surface area contributed by atoms with Crippen LogP contribution in [0.5, 0.6) is 0 Å². The van der Waals surface area contributed by atoms with Crippen molar-refractivity contribution >= 4 is 13.5 Å². The summed E-state index contributed by atoms with van der Waals surface area (Å²) in [6.07, 6.45) is 0.0389. The van der Waals surface area contributed by atoms with Crippen molar-refractivity contribution in [3.05, 3.63) is 0 Å². The molecule has 0 spiro atoms. The highest BCUT2D eigenvalue weighted by Crippen LogP contribution is 2.34. The summed E-state index contributed by atoms with van der Waals surface area (Å²) in [4.78, 5) is 33.4. The Balaban J connectivity index is 2.26. The van der Waals surface area contributed by atoms with E-state index in [1.807, 2.05) is 0 Å². The van der Waals surface area contributed by atoms with Crippen LogP contribution in [0.1, 0.15) is 13.3 Å².